The molecule has 20 heavy (non-hydrogen) atoms. The van der Waals surface area contributed by atoms with Crippen LogP contribution in [0, 0.1) is 5.92 Å². The quantitative estimate of drug-likeness (QED) is 0.779. The normalized spacial score (nSPS) is 11.6. The first-order valence-corrected chi connectivity index (χ1v) is 6.60. The van der Waals surface area contributed by atoms with Gasteiger partial charge in [-0.25, -0.2) is 0 Å². The molecule has 110 valence electrons. The lowest BCUT2D eigenvalue weighted by molar-refractivity contribution is -0.137. The van der Waals surface area contributed by atoms with Crippen molar-refractivity contribution >= 4 is 17.4 Å². The Bertz CT molecular complexity index is 485. The number of carbonyl (C=O) groups is 2. The van der Waals surface area contributed by atoms with Crippen LogP contribution in [0.5, 0.6) is 11.5 Å². The van der Waals surface area contributed by atoms with E-state index in [1.807, 2.05) is 6.92 Å². The topological polar surface area (TPSA) is 64.6 Å². The Morgan fingerprint density at radius 3 is 2.50 bits per heavy atom. The highest BCUT2D eigenvalue weighted by molar-refractivity contribution is 6.41. The van der Waals surface area contributed by atoms with E-state index in [-0.39, 0.29) is 5.92 Å². The first kappa shape index (κ1) is 16.0. The molecule has 1 unspecified atom stereocenters. The molecule has 1 amide bonds. The Labute approximate surface area is 119 Å². The fourth-order valence-corrected chi connectivity index (χ4v) is 1.88. The van der Waals surface area contributed by atoms with Crippen molar-refractivity contribution in [1.82, 2.24) is 0 Å². The minimum absolute atomic E-state index is 0.281. The van der Waals surface area contributed by atoms with Gasteiger partial charge < -0.3 is 14.8 Å². The molecule has 0 aliphatic rings. The van der Waals surface area contributed by atoms with Gasteiger partial charge in [-0.1, -0.05) is 20.3 Å². The standard InChI is InChI=1S/C15H21NO4/c1-5-6-10(2)14(17)15(18)16-12-9-11(19-3)7-8-13(12)20-4/h7-10H,5-6H2,1-4H3,(H,16,18). The summed E-state index contributed by atoms with van der Waals surface area (Å²) in [5.74, 6) is -0.268. The van der Waals surface area contributed by atoms with Crippen LogP contribution in [0.3, 0.4) is 0 Å². The predicted octanol–water partition coefficient (Wildman–Crippen LogP) is 2.65. The number of ether oxygens (including phenoxy) is 2. The van der Waals surface area contributed by atoms with Gasteiger partial charge in [0, 0.05) is 12.0 Å². The molecule has 5 nitrogen and oxygen atoms in total. The third-order valence-electron chi connectivity index (χ3n) is 3.05. The van der Waals surface area contributed by atoms with Gasteiger partial charge in [-0.2, -0.15) is 0 Å². The zero-order valence-electron chi connectivity index (χ0n) is 12.4. The summed E-state index contributed by atoms with van der Waals surface area (Å²) in [5.41, 5.74) is 0.425. The molecular formula is C15H21NO4. The molecule has 1 N–H and O–H groups in total. The van der Waals surface area contributed by atoms with E-state index in [1.165, 1.54) is 14.2 Å². The summed E-state index contributed by atoms with van der Waals surface area (Å²) in [6.07, 6.45) is 1.56. The largest absolute Gasteiger partial charge is 0.497 e. The van der Waals surface area contributed by atoms with Gasteiger partial charge >= 0.3 is 0 Å². The van der Waals surface area contributed by atoms with E-state index in [2.05, 4.69) is 5.32 Å². The molecular weight excluding hydrogens is 258 g/mol. The number of carbonyl (C=O) groups excluding carboxylic acids is 2. The lowest BCUT2D eigenvalue weighted by Crippen LogP contribution is -2.28. The maximum Gasteiger partial charge on any atom is 0.292 e. The number of amides is 1. The highest BCUT2D eigenvalue weighted by Gasteiger charge is 2.21. The molecule has 1 atom stereocenters. The Kier molecular flexibility index (Phi) is 6.03. The number of hydrogen-bond acceptors (Lipinski definition) is 4. The molecule has 1 aromatic carbocycles. The molecule has 1 rings (SSSR count). The van der Waals surface area contributed by atoms with Crippen LogP contribution < -0.4 is 14.8 Å². The van der Waals surface area contributed by atoms with Crippen LogP contribution in [-0.4, -0.2) is 25.9 Å². The average molecular weight is 279 g/mol. The monoisotopic (exact) mass is 279 g/mol. The third kappa shape index (κ3) is 3.98. The number of benzene rings is 1. The van der Waals surface area contributed by atoms with E-state index in [1.54, 1.807) is 25.1 Å². The fourth-order valence-electron chi connectivity index (χ4n) is 1.88. The Hall–Kier alpha value is -2.04. The van der Waals surface area contributed by atoms with Gasteiger partial charge in [0.2, 0.25) is 5.78 Å². The molecule has 0 aliphatic heterocycles. The Morgan fingerprint density at radius 1 is 1.25 bits per heavy atom. The molecule has 0 bridgehead atoms. The van der Waals surface area contributed by atoms with Crippen molar-refractivity contribution in [2.75, 3.05) is 19.5 Å². The minimum atomic E-state index is -0.627. The SMILES string of the molecule is CCCC(C)C(=O)C(=O)Nc1cc(OC)ccc1OC. The number of anilines is 1. The molecule has 0 fully saturated rings. The summed E-state index contributed by atoms with van der Waals surface area (Å²) in [4.78, 5) is 23.8. The number of ketones is 1. The van der Waals surface area contributed by atoms with Gasteiger partial charge in [-0.05, 0) is 18.6 Å². The number of nitrogens with one attached hydrogen (secondary N) is 1. The molecule has 5 heteroatoms. The van der Waals surface area contributed by atoms with Crippen molar-refractivity contribution in [2.24, 2.45) is 5.92 Å². The van der Waals surface area contributed by atoms with Crippen molar-refractivity contribution in [1.29, 1.82) is 0 Å². The summed E-state index contributed by atoms with van der Waals surface area (Å²) in [7, 11) is 3.03. The van der Waals surface area contributed by atoms with Crippen molar-refractivity contribution in [2.45, 2.75) is 26.7 Å². The summed E-state index contributed by atoms with van der Waals surface area (Å²) in [6.45, 7) is 3.74. The summed E-state index contributed by atoms with van der Waals surface area (Å²) in [6, 6.07) is 5.01. The van der Waals surface area contributed by atoms with E-state index in [4.69, 9.17) is 9.47 Å². The summed E-state index contributed by atoms with van der Waals surface area (Å²) >= 11 is 0. The number of rotatable bonds is 7. The van der Waals surface area contributed by atoms with Crippen LogP contribution >= 0.6 is 0 Å². The zero-order valence-corrected chi connectivity index (χ0v) is 12.4. The van der Waals surface area contributed by atoms with Crippen LogP contribution in [-0.2, 0) is 9.59 Å². The Morgan fingerprint density at radius 2 is 1.95 bits per heavy atom. The zero-order chi connectivity index (χ0) is 15.1. The smallest absolute Gasteiger partial charge is 0.292 e. The van der Waals surface area contributed by atoms with Crippen LogP contribution in [0.15, 0.2) is 18.2 Å². The van der Waals surface area contributed by atoms with Crippen molar-refractivity contribution in [3.63, 3.8) is 0 Å². The second-order valence-electron chi connectivity index (χ2n) is 4.57. The second kappa shape index (κ2) is 7.53. The maximum atomic E-state index is 11.9. The number of Topliss-reactive ketones (excluding diaryl/α,β-unsaturated/α-hetero) is 1. The maximum absolute atomic E-state index is 11.9. The Balaban J connectivity index is 2.86. The van der Waals surface area contributed by atoms with Crippen LogP contribution in [0.4, 0.5) is 5.69 Å². The van der Waals surface area contributed by atoms with Crippen LogP contribution in [0.1, 0.15) is 26.7 Å². The minimum Gasteiger partial charge on any atom is -0.497 e. The molecule has 0 spiro atoms. The van der Waals surface area contributed by atoms with Crippen LogP contribution in [0.25, 0.3) is 0 Å². The van der Waals surface area contributed by atoms with Crippen LogP contribution in [0.2, 0.25) is 0 Å². The summed E-state index contributed by atoms with van der Waals surface area (Å²) < 4.78 is 10.2. The van der Waals surface area contributed by atoms with Gasteiger partial charge in [0.05, 0.1) is 19.9 Å². The lowest BCUT2D eigenvalue weighted by Gasteiger charge is -2.13. The fraction of sp³-hybridized carbons (Fsp3) is 0.467. The second-order valence-corrected chi connectivity index (χ2v) is 4.57. The van der Waals surface area contributed by atoms with Crippen molar-refractivity contribution in [3.05, 3.63) is 18.2 Å². The average Bonchev–Trinajstić information content (AvgIpc) is 2.46. The highest BCUT2D eigenvalue weighted by atomic mass is 16.5. The molecule has 0 saturated carbocycles. The van der Waals surface area contributed by atoms with Gasteiger partial charge in [0.25, 0.3) is 5.91 Å². The van der Waals surface area contributed by atoms with Crippen molar-refractivity contribution in [3.8, 4) is 11.5 Å². The van der Waals surface area contributed by atoms with Gasteiger partial charge in [0.1, 0.15) is 11.5 Å². The van der Waals surface area contributed by atoms with Crippen molar-refractivity contribution < 1.29 is 19.1 Å². The van der Waals surface area contributed by atoms with Gasteiger partial charge in [0.15, 0.2) is 0 Å². The highest BCUT2D eigenvalue weighted by Crippen LogP contribution is 2.29. The molecule has 1 aromatic rings. The first-order valence-electron chi connectivity index (χ1n) is 6.60. The molecule has 0 radical (unpaired) electrons. The van der Waals surface area contributed by atoms with E-state index >= 15 is 0 Å². The number of hydrogen-bond donors (Lipinski definition) is 1. The van der Waals surface area contributed by atoms with E-state index in [0.29, 0.717) is 23.6 Å². The van der Waals surface area contributed by atoms with E-state index in [9.17, 15) is 9.59 Å². The molecule has 0 aliphatic carbocycles. The third-order valence-corrected chi connectivity index (χ3v) is 3.05. The van der Waals surface area contributed by atoms with E-state index < -0.39 is 11.7 Å². The lowest BCUT2D eigenvalue weighted by atomic mass is 10.0. The molecule has 0 heterocycles. The van der Waals surface area contributed by atoms with Gasteiger partial charge in [-0.15, -0.1) is 0 Å². The predicted molar refractivity (Wildman–Crippen MR) is 77.3 cm³/mol. The van der Waals surface area contributed by atoms with E-state index in [0.717, 1.165) is 6.42 Å². The van der Waals surface area contributed by atoms with Gasteiger partial charge in [-0.3, -0.25) is 9.59 Å². The number of methoxy groups -OCH3 is 2. The first-order chi connectivity index (χ1) is 9.53. The summed E-state index contributed by atoms with van der Waals surface area (Å²) in [5, 5.41) is 2.58. The molecule has 0 saturated heterocycles. The molecule has 0 aromatic heterocycles.